The smallest absolute Gasteiger partial charge is 0.184 e. The van der Waals surface area contributed by atoms with Crippen molar-refractivity contribution in [2.45, 2.75) is 6.92 Å². The second kappa shape index (κ2) is 3.93. The standard InChI is InChI=1S/C11H10ClN5S/c1-6-9(5-16(2)15-6)17-10-8(14-11(17)18)3-7(12)4-13-10/h3-5H,1-2H3,(H,14,18). The number of H-pyrrole nitrogens is 1. The van der Waals surface area contributed by atoms with Crippen LogP contribution in [0.15, 0.2) is 18.5 Å². The third-order valence-electron chi connectivity index (χ3n) is 2.72. The molecule has 0 atom stereocenters. The lowest BCUT2D eigenvalue weighted by atomic mass is 10.4. The molecular formula is C11H10ClN5S. The van der Waals surface area contributed by atoms with Gasteiger partial charge in [0.05, 0.1) is 21.9 Å². The Balaban J connectivity index is 2.39. The maximum atomic E-state index is 5.92. The summed E-state index contributed by atoms with van der Waals surface area (Å²) in [6, 6.07) is 1.81. The Morgan fingerprint density at radius 3 is 2.89 bits per heavy atom. The predicted molar refractivity (Wildman–Crippen MR) is 72.8 cm³/mol. The van der Waals surface area contributed by atoms with Crippen molar-refractivity contribution >= 4 is 35.0 Å². The van der Waals surface area contributed by atoms with Gasteiger partial charge in [0, 0.05) is 19.4 Å². The van der Waals surface area contributed by atoms with Crippen LogP contribution in [0.4, 0.5) is 0 Å². The van der Waals surface area contributed by atoms with Gasteiger partial charge in [-0.2, -0.15) is 5.10 Å². The van der Waals surface area contributed by atoms with Crippen LogP contribution in [-0.2, 0) is 7.05 Å². The van der Waals surface area contributed by atoms with Crippen LogP contribution < -0.4 is 0 Å². The van der Waals surface area contributed by atoms with Gasteiger partial charge in [-0.1, -0.05) is 11.6 Å². The van der Waals surface area contributed by atoms with Gasteiger partial charge in [0.1, 0.15) is 0 Å². The van der Waals surface area contributed by atoms with Crippen molar-refractivity contribution in [2.24, 2.45) is 7.05 Å². The van der Waals surface area contributed by atoms with E-state index in [1.807, 2.05) is 30.8 Å². The summed E-state index contributed by atoms with van der Waals surface area (Å²) in [6.07, 6.45) is 3.52. The van der Waals surface area contributed by atoms with E-state index in [1.165, 1.54) is 0 Å². The van der Waals surface area contributed by atoms with Crippen molar-refractivity contribution in [1.82, 2.24) is 24.3 Å². The molecular weight excluding hydrogens is 270 g/mol. The summed E-state index contributed by atoms with van der Waals surface area (Å²) in [5.74, 6) is 0. The van der Waals surface area contributed by atoms with Crippen LogP contribution >= 0.6 is 23.8 Å². The molecule has 0 aromatic carbocycles. The molecule has 0 saturated carbocycles. The first-order chi connectivity index (χ1) is 8.56. The molecule has 18 heavy (non-hydrogen) atoms. The van der Waals surface area contributed by atoms with Crippen LogP contribution in [0, 0.1) is 11.7 Å². The number of aromatic nitrogens is 5. The SMILES string of the molecule is Cc1nn(C)cc1-n1c(=S)[nH]c2cc(Cl)cnc21. The summed E-state index contributed by atoms with van der Waals surface area (Å²) in [6.45, 7) is 1.94. The van der Waals surface area contributed by atoms with E-state index < -0.39 is 0 Å². The van der Waals surface area contributed by atoms with Crippen molar-refractivity contribution in [1.29, 1.82) is 0 Å². The first-order valence-corrected chi connectivity index (χ1v) is 6.12. The summed E-state index contributed by atoms with van der Waals surface area (Å²) in [4.78, 5) is 7.42. The summed E-state index contributed by atoms with van der Waals surface area (Å²) in [5, 5.41) is 4.89. The summed E-state index contributed by atoms with van der Waals surface area (Å²) in [5.41, 5.74) is 3.38. The maximum Gasteiger partial charge on any atom is 0.184 e. The minimum atomic E-state index is 0.578. The normalized spacial score (nSPS) is 11.3. The second-order valence-corrected chi connectivity index (χ2v) is 4.89. The molecule has 0 saturated heterocycles. The highest BCUT2D eigenvalue weighted by molar-refractivity contribution is 7.71. The molecule has 0 aliphatic carbocycles. The third kappa shape index (κ3) is 1.65. The minimum Gasteiger partial charge on any atom is -0.329 e. The van der Waals surface area contributed by atoms with E-state index in [0.717, 1.165) is 22.5 Å². The van der Waals surface area contributed by atoms with Gasteiger partial charge in [-0.3, -0.25) is 9.25 Å². The number of halogens is 1. The molecule has 7 heteroatoms. The van der Waals surface area contributed by atoms with Gasteiger partial charge in [-0.05, 0) is 25.2 Å². The molecule has 0 bridgehead atoms. The van der Waals surface area contributed by atoms with Crippen LogP contribution in [0.25, 0.3) is 16.9 Å². The summed E-state index contributed by atoms with van der Waals surface area (Å²) in [7, 11) is 1.87. The lowest BCUT2D eigenvalue weighted by Gasteiger charge is -2.00. The molecule has 3 heterocycles. The number of hydrogen-bond donors (Lipinski definition) is 1. The highest BCUT2D eigenvalue weighted by Crippen LogP contribution is 2.21. The fourth-order valence-electron chi connectivity index (χ4n) is 2.00. The largest absolute Gasteiger partial charge is 0.329 e. The molecule has 92 valence electrons. The van der Waals surface area contributed by atoms with E-state index in [1.54, 1.807) is 10.9 Å². The molecule has 0 aliphatic heterocycles. The lowest BCUT2D eigenvalue weighted by molar-refractivity contribution is 0.756. The van der Waals surface area contributed by atoms with Crippen LogP contribution in [-0.4, -0.2) is 24.3 Å². The second-order valence-electron chi connectivity index (χ2n) is 4.06. The van der Waals surface area contributed by atoms with Crippen LogP contribution in [0.1, 0.15) is 5.69 Å². The number of aryl methyl sites for hydroxylation is 2. The molecule has 0 radical (unpaired) electrons. The Morgan fingerprint density at radius 1 is 1.44 bits per heavy atom. The number of hydrogen-bond acceptors (Lipinski definition) is 3. The van der Waals surface area contributed by atoms with Gasteiger partial charge in [-0.25, -0.2) is 4.98 Å². The van der Waals surface area contributed by atoms with Crippen LogP contribution in [0.2, 0.25) is 5.02 Å². The molecule has 0 unspecified atom stereocenters. The summed E-state index contributed by atoms with van der Waals surface area (Å²) < 4.78 is 4.20. The first kappa shape index (κ1) is 11.4. The van der Waals surface area contributed by atoms with Crippen molar-refractivity contribution in [3.63, 3.8) is 0 Å². The highest BCUT2D eigenvalue weighted by Gasteiger charge is 2.12. The Morgan fingerprint density at radius 2 is 2.22 bits per heavy atom. The van der Waals surface area contributed by atoms with Gasteiger partial charge >= 0.3 is 0 Å². The Bertz CT molecular complexity index is 797. The van der Waals surface area contributed by atoms with Gasteiger partial charge in [-0.15, -0.1) is 0 Å². The zero-order valence-electron chi connectivity index (χ0n) is 9.81. The van der Waals surface area contributed by atoms with Crippen molar-refractivity contribution < 1.29 is 0 Å². The third-order valence-corrected chi connectivity index (χ3v) is 3.21. The van der Waals surface area contributed by atoms with Gasteiger partial charge in [0.2, 0.25) is 0 Å². The van der Waals surface area contributed by atoms with Crippen molar-refractivity contribution in [3.8, 4) is 5.69 Å². The van der Waals surface area contributed by atoms with E-state index in [2.05, 4.69) is 15.1 Å². The van der Waals surface area contributed by atoms with Crippen molar-refractivity contribution in [3.05, 3.63) is 33.9 Å². The molecule has 0 amide bonds. The predicted octanol–water partition coefficient (Wildman–Crippen LogP) is 2.78. The number of imidazole rings is 1. The zero-order chi connectivity index (χ0) is 12.9. The molecule has 5 nitrogen and oxygen atoms in total. The average molecular weight is 280 g/mol. The van der Waals surface area contributed by atoms with E-state index in [-0.39, 0.29) is 0 Å². The van der Waals surface area contributed by atoms with E-state index in [0.29, 0.717) is 9.79 Å². The Hall–Kier alpha value is -1.66. The topological polar surface area (TPSA) is 51.4 Å². The number of aromatic amines is 1. The quantitative estimate of drug-likeness (QED) is 0.697. The van der Waals surface area contributed by atoms with Crippen LogP contribution in [0.3, 0.4) is 0 Å². The van der Waals surface area contributed by atoms with Crippen molar-refractivity contribution in [2.75, 3.05) is 0 Å². The Labute approximate surface area is 113 Å². The number of nitrogens with one attached hydrogen (secondary N) is 1. The number of nitrogens with zero attached hydrogens (tertiary/aromatic N) is 4. The fourth-order valence-corrected chi connectivity index (χ4v) is 2.45. The monoisotopic (exact) mass is 279 g/mol. The van der Waals surface area contributed by atoms with Gasteiger partial charge in [0.15, 0.2) is 10.4 Å². The first-order valence-electron chi connectivity index (χ1n) is 5.33. The maximum absolute atomic E-state index is 5.92. The Kier molecular flexibility index (Phi) is 2.49. The number of rotatable bonds is 1. The van der Waals surface area contributed by atoms with E-state index in [4.69, 9.17) is 23.8 Å². The molecule has 1 N–H and O–H groups in total. The molecule has 0 aliphatic rings. The molecule has 3 rings (SSSR count). The van der Waals surface area contributed by atoms with Gasteiger partial charge in [0.25, 0.3) is 0 Å². The highest BCUT2D eigenvalue weighted by atomic mass is 35.5. The van der Waals surface area contributed by atoms with Gasteiger partial charge < -0.3 is 4.98 Å². The lowest BCUT2D eigenvalue weighted by Crippen LogP contribution is -1.96. The van der Waals surface area contributed by atoms with E-state index in [9.17, 15) is 0 Å². The summed E-state index contributed by atoms with van der Waals surface area (Å²) >= 11 is 11.3. The number of fused-ring (bicyclic) bond motifs is 1. The molecule has 3 aromatic heterocycles. The average Bonchev–Trinajstić information content (AvgIpc) is 2.77. The van der Waals surface area contributed by atoms with Crippen LogP contribution in [0.5, 0.6) is 0 Å². The minimum absolute atomic E-state index is 0.578. The number of pyridine rings is 1. The van der Waals surface area contributed by atoms with E-state index >= 15 is 0 Å². The zero-order valence-corrected chi connectivity index (χ0v) is 11.4. The molecule has 0 spiro atoms. The molecule has 3 aromatic rings. The molecule has 0 fully saturated rings. The fraction of sp³-hybridized carbons (Fsp3) is 0.182.